The van der Waals surface area contributed by atoms with Crippen molar-refractivity contribution in [1.29, 1.82) is 0 Å². The van der Waals surface area contributed by atoms with E-state index < -0.39 is 17.8 Å². The number of hydrogen-bond donors (Lipinski definition) is 4. The molecule has 3 heterocycles. The van der Waals surface area contributed by atoms with E-state index in [0.717, 1.165) is 51.7 Å². The number of halogens is 1. The molecule has 11 heteroatoms. The Balaban J connectivity index is 1.44. The Hall–Kier alpha value is -2.69. The Morgan fingerprint density at radius 1 is 1.15 bits per heavy atom. The monoisotopic (exact) mass is 477 g/mol. The number of aromatic nitrogens is 2. The van der Waals surface area contributed by atoms with Crippen LogP contribution in [0.3, 0.4) is 0 Å². The molecular formula is C23H36FN7O3. The molecular weight excluding hydrogens is 441 g/mol. The van der Waals surface area contributed by atoms with Crippen molar-refractivity contribution in [1.82, 2.24) is 25.6 Å². The zero-order valence-electron chi connectivity index (χ0n) is 19.9. The lowest BCUT2D eigenvalue weighted by Gasteiger charge is -2.38. The van der Waals surface area contributed by atoms with E-state index in [9.17, 15) is 9.59 Å². The maximum Gasteiger partial charge on any atom is 0.404 e. The summed E-state index contributed by atoms with van der Waals surface area (Å²) in [7, 11) is 0. The van der Waals surface area contributed by atoms with Crippen LogP contribution in [0.1, 0.15) is 57.7 Å². The third-order valence-corrected chi connectivity index (χ3v) is 7.35. The van der Waals surface area contributed by atoms with Crippen molar-refractivity contribution in [3.63, 3.8) is 0 Å². The largest absolute Gasteiger partial charge is 0.465 e. The zero-order chi connectivity index (χ0) is 24.1. The van der Waals surface area contributed by atoms with E-state index in [0.29, 0.717) is 37.2 Å². The van der Waals surface area contributed by atoms with Crippen LogP contribution < -0.4 is 21.1 Å². The lowest BCUT2D eigenvalue weighted by atomic mass is 9.92. The van der Waals surface area contributed by atoms with Crippen LogP contribution >= 0.6 is 0 Å². The summed E-state index contributed by atoms with van der Waals surface area (Å²) in [6.45, 7) is 5.33. The molecule has 0 unspecified atom stereocenters. The summed E-state index contributed by atoms with van der Waals surface area (Å²) in [6.07, 6.45) is 6.59. The van der Waals surface area contributed by atoms with E-state index in [1.165, 1.54) is 6.42 Å². The molecule has 34 heavy (non-hydrogen) atoms. The molecule has 0 bridgehead atoms. The Bertz CT molecular complexity index is 880. The van der Waals surface area contributed by atoms with Crippen LogP contribution in [-0.4, -0.2) is 70.7 Å². The number of carbonyl (C=O) groups is 2. The molecule has 3 aliphatic rings. The molecule has 2 amide bonds. The fraction of sp³-hybridized carbons (Fsp3) is 0.739. The fourth-order valence-corrected chi connectivity index (χ4v) is 5.48. The smallest absolute Gasteiger partial charge is 0.404 e. The van der Waals surface area contributed by atoms with Gasteiger partial charge < -0.3 is 15.3 Å². The van der Waals surface area contributed by atoms with E-state index in [2.05, 4.69) is 31.0 Å². The number of piperazine rings is 1. The summed E-state index contributed by atoms with van der Waals surface area (Å²) >= 11 is 0. The third kappa shape index (κ3) is 5.86. The highest BCUT2D eigenvalue weighted by molar-refractivity contribution is 5.80. The topological polar surface area (TPSA) is 123 Å². The van der Waals surface area contributed by atoms with Crippen molar-refractivity contribution in [3.8, 4) is 0 Å². The lowest BCUT2D eigenvalue weighted by molar-refractivity contribution is -0.124. The standard InChI is InChI=1S/C23H36FN7O3/c1-2-18-26-20(19(24)21(27-18)31-11-10-30-9-5-8-17(30)14-31)28-29-22(32)16(13-25-23(33)34)12-15-6-3-4-7-15/h15-17,25H,2-14H2,1H3,(H,29,32)(H,33,34)(H,26,27,28)/t16-,17-/m1/s1. The molecule has 1 aromatic heterocycles. The van der Waals surface area contributed by atoms with Crippen LogP contribution in [0, 0.1) is 17.7 Å². The van der Waals surface area contributed by atoms with Gasteiger partial charge in [0.25, 0.3) is 0 Å². The lowest BCUT2D eigenvalue weighted by Crippen LogP contribution is -2.50. The van der Waals surface area contributed by atoms with Crippen molar-refractivity contribution < 1.29 is 19.1 Å². The minimum atomic E-state index is -1.17. The number of carboxylic acid groups (broad SMARTS) is 1. The van der Waals surface area contributed by atoms with E-state index >= 15 is 4.39 Å². The first-order chi connectivity index (χ1) is 16.4. The molecule has 10 nitrogen and oxygen atoms in total. The normalized spacial score (nSPS) is 21.8. The van der Waals surface area contributed by atoms with Gasteiger partial charge in [-0.05, 0) is 31.7 Å². The molecule has 0 spiro atoms. The Kier molecular flexibility index (Phi) is 8.02. The summed E-state index contributed by atoms with van der Waals surface area (Å²) in [6, 6.07) is 0.419. The molecule has 4 N–H and O–H groups in total. The molecule has 3 fully saturated rings. The number of amides is 2. The van der Waals surface area contributed by atoms with Crippen LogP contribution in [0.4, 0.5) is 20.8 Å². The predicted molar refractivity (Wildman–Crippen MR) is 126 cm³/mol. The number of aryl methyl sites for hydroxylation is 1. The summed E-state index contributed by atoms with van der Waals surface area (Å²) in [5.74, 6) is -0.401. The number of hydrazine groups is 1. The average Bonchev–Trinajstić information content (AvgIpc) is 3.52. The number of rotatable bonds is 9. The highest BCUT2D eigenvalue weighted by Gasteiger charge is 2.33. The highest BCUT2D eigenvalue weighted by atomic mass is 19.1. The van der Waals surface area contributed by atoms with E-state index in [1.807, 2.05) is 11.8 Å². The van der Waals surface area contributed by atoms with Gasteiger partial charge >= 0.3 is 6.09 Å². The van der Waals surface area contributed by atoms with Crippen molar-refractivity contribution in [2.24, 2.45) is 11.8 Å². The molecule has 2 atom stereocenters. The zero-order valence-corrected chi connectivity index (χ0v) is 19.9. The minimum Gasteiger partial charge on any atom is -0.465 e. The molecule has 0 aromatic carbocycles. The Morgan fingerprint density at radius 3 is 2.68 bits per heavy atom. The van der Waals surface area contributed by atoms with Crippen molar-refractivity contribution in [2.45, 2.75) is 64.3 Å². The van der Waals surface area contributed by atoms with Crippen LogP contribution in [0.5, 0.6) is 0 Å². The first-order valence-electron chi connectivity index (χ1n) is 12.5. The summed E-state index contributed by atoms with van der Waals surface area (Å²) in [5.41, 5.74) is 5.25. The van der Waals surface area contributed by atoms with Gasteiger partial charge in [0.2, 0.25) is 11.7 Å². The molecule has 1 saturated carbocycles. The number of fused-ring (bicyclic) bond motifs is 1. The van der Waals surface area contributed by atoms with E-state index in [-0.39, 0.29) is 24.1 Å². The fourth-order valence-electron chi connectivity index (χ4n) is 5.48. The summed E-state index contributed by atoms with van der Waals surface area (Å²) < 4.78 is 15.5. The second-order valence-electron chi connectivity index (χ2n) is 9.64. The van der Waals surface area contributed by atoms with E-state index in [4.69, 9.17) is 5.11 Å². The minimum absolute atomic E-state index is 0.0166. The molecule has 188 valence electrons. The van der Waals surface area contributed by atoms with E-state index in [1.54, 1.807) is 0 Å². The molecule has 4 rings (SSSR count). The van der Waals surface area contributed by atoms with Gasteiger partial charge in [-0.25, -0.2) is 14.8 Å². The Labute approximate surface area is 199 Å². The van der Waals surface area contributed by atoms with Crippen LogP contribution in [0.2, 0.25) is 0 Å². The summed E-state index contributed by atoms with van der Waals surface area (Å²) in [5, 5.41) is 11.3. The number of anilines is 2. The van der Waals surface area contributed by atoms with Gasteiger partial charge in [0.05, 0.1) is 5.92 Å². The highest BCUT2D eigenvalue weighted by Crippen LogP contribution is 2.31. The van der Waals surface area contributed by atoms with Crippen LogP contribution in [0.25, 0.3) is 0 Å². The van der Waals surface area contributed by atoms with Crippen molar-refractivity contribution in [3.05, 3.63) is 11.6 Å². The predicted octanol–water partition coefficient (Wildman–Crippen LogP) is 2.37. The molecule has 2 aliphatic heterocycles. The van der Waals surface area contributed by atoms with Gasteiger partial charge in [-0.2, -0.15) is 4.39 Å². The van der Waals surface area contributed by atoms with Crippen LogP contribution in [-0.2, 0) is 11.2 Å². The number of carbonyl (C=O) groups excluding carboxylic acids is 1. The molecule has 0 radical (unpaired) electrons. The molecule has 1 aromatic rings. The van der Waals surface area contributed by atoms with Gasteiger partial charge in [-0.1, -0.05) is 32.6 Å². The first kappa shape index (κ1) is 24.4. The maximum absolute atomic E-state index is 15.5. The van der Waals surface area contributed by atoms with Crippen molar-refractivity contribution >= 4 is 23.6 Å². The second-order valence-corrected chi connectivity index (χ2v) is 9.64. The maximum atomic E-state index is 15.5. The van der Waals surface area contributed by atoms with Gasteiger partial charge in [0, 0.05) is 38.6 Å². The van der Waals surface area contributed by atoms with Crippen molar-refractivity contribution in [2.75, 3.05) is 43.0 Å². The first-order valence-corrected chi connectivity index (χ1v) is 12.5. The number of nitrogens with zero attached hydrogens (tertiary/aromatic N) is 4. The second kappa shape index (κ2) is 11.2. The number of nitrogens with one attached hydrogen (secondary N) is 3. The quantitative estimate of drug-likeness (QED) is 0.400. The number of hydrogen-bond acceptors (Lipinski definition) is 7. The molecule has 2 saturated heterocycles. The summed E-state index contributed by atoms with van der Waals surface area (Å²) in [4.78, 5) is 37.0. The third-order valence-electron chi connectivity index (χ3n) is 7.35. The SMILES string of the molecule is CCc1nc(NNC(=O)[C@@H](CNC(=O)O)CC2CCCC2)c(F)c(N2CCN3CCC[C@@H]3C2)n1. The molecule has 1 aliphatic carbocycles. The van der Waals surface area contributed by atoms with Gasteiger partial charge in [0.15, 0.2) is 11.6 Å². The van der Waals surface area contributed by atoms with Gasteiger partial charge in [0.1, 0.15) is 5.82 Å². The van der Waals surface area contributed by atoms with Crippen LogP contribution in [0.15, 0.2) is 0 Å². The Morgan fingerprint density at radius 2 is 1.94 bits per heavy atom. The average molecular weight is 478 g/mol. The van der Waals surface area contributed by atoms with Gasteiger partial charge in [-0.15, -0.1) is 0 Å². The van der Waals surface area contributed by atoms with Gasteiger partial charge in [-0.3, -0.25) is 20.5 Å².